The van der Waals surface area contributed by atoms with Gasteiger partial charge in [0.1, 0.15) is 11.6 Å². The van der Waals surface area contributed by atoms with Crippen LogP contribution in [-0.4, -0.2) is 10.9 Å². The van der Waals surface area contributed by atoms with Crippen LogP contribution in [0.5, 0.6) is 0 Å². The van der Waals surface area contributed by atoms with Gasteiger partial charge in [-0.2, -0.15) is 0 Å². The average molecular weight is 385 g/mol. The van der Waals surface area contributed by atoms with Crippen molar-refractivity contribution in [2.75, 3.05) is 4.90 Å². The molecule has 0 saturated carbocycles. The zero-order valence-corrected chi connectivity index (χ0v) is 14.3. The van der Waals surface area contributed by atoms with Crippen LogP contribution in [0.15, 0.2) is 77.4 Å². The van der Waals surface area contributed by atoms with Crippen molar-refractivity contribution in [1.82, 2.24) is 4.98 Å². The Hall–Kier alpha value is -2.53. The molecule has 0 bridgehead atoms. The Bertz CT molecular complexity index is 838. The first-order valence-corrected chi connectivity index (χ1v) is 8.16. The van der Waals surface area contributed by atoms with E-state index < -0.39 is 0 Å². The van der Waals surface area contributed by atoms with Gasteiger partial charge in [0.05, 0.1) is 6.54 Å². The Morgan fingerprint density at radius 1 is 1.04 bits per heavy atom. The molecule has 3 nitrogen and oxygen atoms in total. The minimum atomic E-state index is -0.329. The van der Waals surface area contributed by atoms with Gasteiger partial charge in [-0.15, -0.1) is 0 Å². The SMILES string of the molecule is O=C(c1ccc(Br)cc1)N(Cc1cccc(F)c1)c1ccccn1. The fraction of sp³-hybridized carbons (Fsp3) is 0.0526. The summed E-state index contributed by atoms with van der Waals surface area (Å²) in [6.45, 7) is 0.240. The second-order valence-corrected chi connectivity index (χ2v) is 6.13. The Morgan fingerprint density at radius 2 is 1.83 bits per heavy atom. The van der Waals surface area contributed by atoms with Crippen molar-refractivity contribution in [2.24, 2.45) is 0 Å². The third-order valence-electron chi connectivity index (χ3n) is 3.49. The van der Waals surface area contributed by atoms with E-state index in [2.05, 4.69) is 20.9 Å². The maximum atomic E-state index is 13.5. The van der Waals surface area contributed by atoms with E-state index in [0.29, 0.717) is 16.9 Å². The zero-order valence-electron chi connectivity index (χ0n) is 12.7. The lowest BCUT2D eigenvalue weighted by Gasteiger charge is -2.22. The number of hydrogen-bond acceptors (Lipinski definition) is 2. The minimum Gasteiger partial charge on any atom is -0.288 e. The minimum absolute atomic E-state index is 0.189. The highest BCUT2D eigenvalue weighted by Crippen LogP contribution is 2.19. The summed E-state index contributed by atoms with van der Waals surface area (Å²) >= 11 is 3.36. The zero-order chi connectivity index (χ0) is 16.9. The standard InChI is InChI=1S/C19H14BrFN2O/c20-16-9-7-15(8-10-16)19(24)23(18-6-1-2-11-22-18)13-14-4-3-5-17(21)12-14/h1-12H,13H2. The molecule has 0 spiro atoms. The Balaban J connectivity index is 1.96. The molecular formula is C19H14BrFN2O. The van der Waals surface area contributed by atoms with Crippen LogP contribution in [0.2, 0.25) is 0 Å². The van der Waals surface area contributed by atoms with Crippen molar-refractivity contribution in [3.05, 3.63) is 94.3 Å². The van der Waals surface area contributed by atoms with Crippen LogP contribution in [0.3, 0.4) is 0 Å². The van der Waals surface area contributed by atoms with Crippen molar-refractivity contribution >= 4 is 27.7 Å². The predicted molar refractivity (Wildman–Crippen MR) is 95.3 cm³/mol. The van der Waals surface area contributed by atoms with Gasteiger partial charge in [-0.3, -0.25) is 9.69 Å². The highest BCUT2D eigenvalue weighted by Gasteiger charge is 2.19. The molecule has 0 atom stereocenters. The molecule has 1 aromatic heterocycles. The van der Waals surface area contributed by atoms with Gasteiger partial charge in [0, 0.05) is 16.2 Å². The summed E-state index contributed by atoms with van der Waals surface area (Å²) in [5, 5.41) is 0. The number of amides is 1. The summed E-state index contributed by atoms with van der Waals surface area (Å²) in [6, 6.07) is 18.7. The second-order valence-electron chi connectivity index (χ2n) is 5.22. The first-order chi connectivity index (χ1) is 11.6. The number of anilines is 1. The van der Waals surface area contributed by atoms with Crippen LogP contribution in [-0.2, 0) is 6.54 Å². The molecule has 1 amide bonds. The van der Waals surface area contributed by atoms with Gasteiger partial charge < -0.3 is 0 Å². The van der Waals surface area contributed by atoms with Crippen molar-refractivity contribution in [3.8, 4) is 0 Å². The highest BCUT2D eigenvalue weighted by atomic mass is 79.9. The van der Waals surface area contributed by atoms with Gasteiger partial charge in [0.25, 0.3) is 5.91 Å². The molecule has 0 fully saturated rings. The van der Waals surface area contributed by atoms with Gasteiger partial charge in [0.2, 0.25) is 0 Å². The molecule has 0 N–H and O–H groups in total. The summed E-state index contributed by atoms with van der Waals surface area (Å²) in [4.78, 5) is 18.7. The van der Waals surface area contributed by atoms with Gasteiger partial charge in [0.15, 0.2) is 0 Å². The molecule has 1 heterocycles. The number of carbonyl (C=O) groups excluding carboxylic acids is 1. The molecule has 0 radical (unpaired) electrons. The predicted octanol–water partition coefficient (Wildman–Crippen LogP) is 4.83. The van der Waals surface area contributed by atoms with Crippen LogP contribution in [0, 0.1) is 5.82 Å². The first kappa shape index (κ1) is 16.3. The molecule has 120 valence electrons. The van der Waals surface area contributed by atoms with E-state index in [1.165, 1.54) is 17.0 Å². The smallest absolute Gasteiger partial charge is 0.259 e. The summed E-state index contributed by atoms with van der Waals surface area (Å²) < 4.78 is 14.4. The van der Waals surface area contributed by atoms with Crippen LogP contribution >= 0.6 is 15.9 Å². The molecular weight excluding hydrogens is 371 g/mol. The molecule has 0 aliphatic heterocycles. The van der Waals surface area contributed by atoms with Crippen LogP contribution in [0.1, 0.15) is 15.9 Å². The number of pyridine rings is 1. The molecule has 0 unspecified atom stereocenters. The lowest BCUT2D eigenvalue weighted by molar-refractivity contribution is 0.0984. The monoisotopic (exact) mass is 384 g/mol. The normalized spacial score (nSPS) is 10.4. The van der Waals surface area contributed by atoms with Crippen LogP contribution in [0.4, 0.5) is 10.2 Å². The van der Waals surface area contributed by atoms with Crippen molar-refractivity contribution < 1.29 is 9.18 Å². The fourth-order valence-corrected chi connectivity index (χ4v) is 2.60. The van der Waals surface area contributed by atoms with Crippen molar-refractivity contribution in [1.29, 1.82) is 0 Å². The maximum absolute atomic E-state index is 13.5. The van der Waals surface area contributed by atoms with E-state index in [1.807, 2.05) is 18.2 Å². The first-order valence-electron chi connectivity index (χ1n) is 7.36. The van der Waals surface area contributed by atoms with E-state index in [4.69, 9.17) is 0 Å². The Kier molecular flexibility index (Phi) is 5.01. The largest absolute Gasteiger partial charge is 0.288 e. The highest BCUT2D eigenvalue weighted by molar-refractivity contribution is 9.10. The van der Waals surface area contributed by atoms with Crippen molar-refractivity contribution in [2.45, 2.75) is 6.54 Å². The lowest BCUT2D eigenvalue weighted by atomic mass is 10.1. The lowest BCUT2D eigenvalue weighted by Crippen LogP contribution is -2.31. The number of benzene rings is 2. The average Bonchev–Trinajstić information content (AvgIpc) is 2.61. The second kappa shape index (κ2) is 7.36. The molecule has 24 heavy (non-hydrogen) atoms. The molecule has 2 aromatic carbocycles. The molecule has 3 rings (SSSR count). The molecule has 0 aliphatic carbocycles. The molecule has 5 heteroatoms. The van der Waals surface area contributed by atoms with E-state index in [0.717, 1.165) is 4.47 Å². The number of nitrogens with zero attached hydrogens (tertiary/aromatic N) is 2. The number of rotatable bonds is 4. The Morgan fingerprint density at radius 3 is 2.50 bits per heavy atom. The quantitative estimate of drug-likeness (QED) is 0.645. The third-order valence-corrected chi connectivity index (χ3v) is 4.02. The molecule has 3 aromatic rings. The third kappa shape index (κ3) is 3.86. The van der Waals surface area contributed by atoms with E-state index in [9.17, 15) is 9.18 Å². The van der Waals surface area contributed by atoms with Gasteiger partial charge in [-0.05, 0) is 54.1 Å². The van der Waals surface area contributed by atoms with Gasteiger partial charge in [-0.1, -0.05) is 34.1 Å². The van der Waals surface area contributed by atoms with E-state index >= 15 is 0 Å². The summed E-state index contributed by atoms with van der Waals surface area (Å²) in [6.07, 6.45) is 1.63. The van der Waals surface area contributed by atoms with E-state index in [1.54, 1.807) is 42.6 Å². The van der Waals surface area contributed by atoms with E-state index in [-0.39, 0.29) is 18.3 Å². The van der Waals surface area contributed by atoms with Gasteiger partial charge >= 0.3 is 0 Å². The topological polar surface area (TPSA) is 33.2 Å². The van der Waals surface area contributed by atoms with Crippen molar-refractivity contribution in [3.63, 3.8) is 0 Å². The molecule has 0 aliphatic rings. The summed E-state index contributed by atoms with van der Waals surface area (Å²) in [5.41, 5.74) is 1.24. The summed E-state index contributed by atoms with van der Waals surface area (Å²) in [7, 11) is 0. The van der Waals surface area contributed by atoms with Crippen LogP contribution < -0.4 is 4.90 Å². The van der Waals surface area contributed by atoms with Gasteiger partial charge in [-0.25, -0.2) is 9.37 Å². The Labute approximate surface area is 147 Å². The number of halogens is 2. The number of carbonyl (C=O) groups is 1. The number of aromatic nitrogens is 1. The fourth-order valence-electron chi connectivity index (χ4n) is 2.34. The number of hydrogen-bond donors (Lipinski definition) is 0. The summed E-state index contributed by atoms with van der Waals surface area (Å²) in [5.74, 6) is 0.00435. The van der Waals surface area contributed by atoms with Crippen LogP contribution in [0.25, 0.3) is 0 Å². The maximum Gasteiger partial charge on any atom is 0.259 e. The molecule has 0 saturated heterocycles.